The molecule has 0 saturated heterocycles. The van der Waals surface area contributed by atoms with Gasteiger partial charge in [0.1, 0.15) is 0 Å². The predicted octanol–water partition coefficient (Wildman–Crippen LogP) is 0.824. The van der Waals surface area contributed by atoms with E-state index in [4.69, 9.17) is 0 Å². The highest BCUT2D eigenvalue weighted by Crippen LogP contribution is 1.99. The van der Waals surface area contributed by atoms with E-state index in [1.807, 2.05) is 40.3 Å². The minimum atomic E-state index is -0.200. The lowest BCUT2D eigenvalue weighted by molar-refractivity contribution is 0.424. The first kappa shape index (κ1) is 16.3. The summed E-state index contributed by atoms with van der Waals surface area (Å²) >= 11 is 0. The van der Waals surface area contributed by atoms with E-state index in [1.54, 1.807) is 0 Å². The highest BCUT2D eigenvalue weighted by molar-refractivity contribution is 5.59. The summed E-state index contributed by atoms with van der Waals surface area (Å²) in [4.78, 5) is 21.2. The van der Waals surface area contributed by atoms with Gasteiger partial charge in [-0.25, -0.2) is 0 Å². The average molecular weight is 240 g/mol. The highest BCUT2D eigenvalue weighted by Gasteiger charge is 2.13. The van der Waals surface area contributed by atoms with Crippen LogP contribution in [-0.4, -0.2) is 37.7 Å². The zero-order chi connectivity index (χ0) is 13.3. The van der Waals surface area contributed by atoms with Crippen molar-refractivity contribution in [2.45, 2.75) is 46.2 Å². The summed E-state index contributed by atoms with van der Waals surface area (Å²) < 4.78 is 0. The van der Waals surface area contributed by atoms with E-state index < -0.39 is 0 Å². The molecule has 0 amide bonds. The van der Waals surface area contributed by atoms with Gasteiger partial charge in [0.2, 0.25) is 12.6 Å². The molecule has 0 rings (SSSR count). The Balaban J connectivity index is 3.64. The molecule has 0 heterocycles. The number of carbonyl (C=O) groups excluding carboxylic acids is 2. The molecule has 98 valence electrons. The van der Waals surface area contributed by atoms with Gasteiger partial charge in [0.05, 0.1) is 12.1 Å². The van der Waals surface area contributed by atoms with Gasteiger partial charge in [-0.15, -0.1) is 0 Å². The van der Waals surface area contributed by atoms with Gasteiger partial charge in [-0.2, -0.15) is 0 Å². The second-order valence-corrected chi connectivity index (χ2v) is 4.94. The van der Waals surface area contributed by atoms with E-state index in [1.165, 1.54) is 0 Å². The number of nitrogens with one attached hydrogen (secondary N) is 2. The zero-order valence-electron chi connectivity index (χ0n) is 11.2. The first-order valence-corrected chi connectivity index (χ1v) is 6.25. The van der Waals surface area contributed by atoms with Crippen LogP contribution in [0, 0.1) is 11.8 Å². The Morgan fingerprint density at radius 2 is 1.18 bits per heavy atom. The third kappa shape index (κ3) is 7.23. The molecule has 0 aromatic heterocycles. The van der Waals surface area contributed by atoms with Crippen LogP contribution in [0.25, 0.3) is 0 Å². The average Bonchev–Trinajstić information content (AvgIpc) is 2.27. The van der Waals surface area contributed by atoms with Crippen LogP contribution < -0.4 is 10.6 Å². The SMILES string of the molecule is CC(C)C([C]=O)NCCCNC([C]=O)C(C)C. The van der Waals surface area contributed by atoms with Gasteiger partial charge in [-0.3, -0.25) is 9.59 Å². The molecule has 2 unspecified atom stereocenters. The van der Waals surface area contributed by atoms with Gasteiger partial charge < -0.3 is 10.6 Å². The van der Waals surface area contributed by atoms with Crippen LogP contribution in [0.4, 0.5) is 0 Å². The summed E-state index contributed by atoms with van der Waals surface area (Å²) in [6.45, 7) is 9.42. The van der Waals surface area contributed by atoms with E-state index >= 15 is 0 Å². The maximum absolute atomic E-state index is 10.6. The number of hydrogen-bond acceptors (Lipinski definition) is 4. The Morgan fingerprint density at radius 1 is 0.824 bits per heavy atom. The molecule has 0 aliphatic heterocycles. The van der Waals surface area contributed by atoms with Crippen molar-refractivity contribution in [3.8, 4) is 0 Å². The molecule has 0 spiro atoms. The molecule has 0 saturated carbocycles. The highest BCUT2D eigenvalue weighted by atomic mass is 16.1. The van der Waals surface area contributed by atoms with Crippen LogP contribution in [0.3, 0.4) is 0 Å². The third-order valence-corrected chi connectivity index (χ3v) is 2.67. The number of rotatable bonds is 10. The van der Waals surface area contributed by atoms with Gasteiger partial charge in [0, 0.05) is 0 Å². The molecular formula is C13H24N2O2. The quantitative estimate of drug-likeness (QED) is 0.555. The van der Waals surface area contributed by atoms with Gasteiger partial charge >= 0.3 is 0 Å². The van der Waals surface area contributed by atoms with Gasteiger partial charge in [-0.05, 0) is 31.3 Å². The monoisotopic (exact) mass is 240 g/mol. The predicted molar refractivity (Wildman–Crippen MR) is 69.3 cm³/mol. The summed E-state index contributed by atoms with van der Waals surface area (Å²) in [5.74, 6) is 0.513. The van der Waals surface area contributed by atoms with Gasteiger partial charge in [-0.1, -0.05) is 27.7 Å². The molecule has 2 radical (unpaired) electrons. The van der Waals surface area contributed by atoms with Crippen LogP contribution in [0.1, 0.15) is 34.1 Å². The van der Waals surface area contributed by atoms with E-state index in [0.717, 1.165) is 19.5 Å². The normalized spacial score (nSPS) is 14.9. The van der Waals surface area contributed by atoms with Crippen molar-refractivity contribution in [1.82, 2.24) is 10.6 Å². The minimum Gasteiger partial charge on any atom is -0.307 e. The van der Waals surface area contributed by atoms with E-state index in [0.29, 0.717) is 0 Å². The Labute approximate surface area is 105 Å². The first-order valence-electron chi connectivity index (χ1n) is 6.25. The van der Waals surface area contributed by atoms with Crippen LogP contribution in [-0.2, 0) is 9.59 Å². The Morgan fingerprint density at radius 3 is 1.41 bits per heavy atom. The molecule has 2 atom stereocenters. The molecule has 0 aromatic carbocycles. The topological polar surface area (TPSA) is 58.2 Å². The fourth-order valence-electron chi connectivity index (χ4n) is 1.43. The summed E-state index contributed by atoms with van der Waals surface area (Å²) in [6.07, 6.45) is 4.84. The summed E-state index contributed by atoms with van der Waals surface area (Å²) in [5.41, 5.74) is 0. The lowest BCUT2D eigenvalue weighted by Crippen LogP contribution is -2.39. The van der Waals surface area contributed by atoms with Crippen LogP contribution in [0.2, 0.25) is 0 Å². The smallest absolute Gasteiger partial charge is 0.217 e. The fourth-order valence-corrected chi connectivity index (χ4v) is 1.43. The Bertz CT molecular complexity index is 195. The molecule has 0 bridgehead atoms. The van der Waals surface area contributed by atoms with Crippen molar-refractivity contribution in [2.24, 2.45) is 11.8 Å². The second-order valence-electron chi connectivity index (χ2n) is 4.94. The molecule has 4 heteroatoms. The molecule has 4 nitrogen and oxygen atoms in total. The largest absolute Gasteiger partial charge is 0.307 e. The van der Waals surface area contributed by atoms with E-state index in [9.17, 15) is 9.59 Å². The van der Waals surface area contributed by atoms with Crippen LogP contribution >= 0.6 is 0 Å². The molecule has 17 heavy (non-hydrogen) atoms. The van der Waals surface area contributed by atoms with Gasteiger partial charge in [0.15, 0.2) is 0 Å². The third-order valence-electron chi connectivity index (χ3n) is 2.67. The lowest BCUT2D eigenvalue weighted by Gasteiger charge is -2.17. The molecule has 2 N–H and O–H groups in total. The van der Waals surface area contributed by atoms with E-state index in [-0.39, 0.29) is 23.9 Å². The second kappa shape index (κ2) is 9.31. The van der Waals surface area contributed by atoms with Crippen molar-refractivity contribution in [3.05, 3.63) is 0 Å². The molecule has 0 aliphatic rings. The molecular weight excluding hydrogens is 216 g/mol. The van der Waals surface area contributed by atoms with Crippen LogP contribution in [0.15, 0.2) is 0 Å². The summed E-state index contributed by atoms with van der Waals surface area (Å²) in [6, 6.07) is -0.401. The zero-order valence-corrected chi connectivity index (χ0v) is 11.2. The summed E-state index contributed by atoms with van der Waals surface area (Å²) in [7, 11) is 0. The van der Waals surface area contributed by atoms with Crippen molar-refractivity contribution >= 4 is 12.6 Å². The maximum atomic E-state index is 10.6. The summed E-state index contributed by atoms with van der Waals surface area (Å²) in [5, 5.41) is 6.26. The van der Waals surface area contributed by atoms with Crippen molar-refractivity contribution in [1.29, 1.82) is 0 Å². The number of hydrogen-bond donors (Lipinski definition) is 2. The first-order chi connectivity index (χ1) is 8.02. The standard InChI is InChI=1S/C13H24N2O2/c1-10(2)12(8-16)14-6-5-7-15-13(9-17)11(3)4/h10-15H,5-7H2,1-4H3. The van der Waals surface area contributed by atoms with Crippen molar-refractivity contribution in [2.75, 3.05) is 13.1 Å². The van der Waals surface area contributed by atoms with Gasteiger partial charge in [0.25, 0.3) is 0 Å². The minimum absolute atomic E-state index is 0.200. The van der Waals surface area contributed by atoms with E-state index in [2.05, 4.69) is 10.6 Å². The fraction of sp³-hybridized carbons (Fsp3) is 0.846. The lowest BCUT2D eigenvalue weighted by atomic mass is 10.1. The molecule has 0 aliphatic carbocycles. The Hall–Kier alpha value is -0.740. The Kier molecular flexibility index (Phi) is 8.90. The molecule has 0 fully saturated rings. The maximum Gasteiger partial charge on any atom is 0.217 e. The van der Waals surface area contributed by atoms with Crippen LogP contribution in [0.5, 0.6) is 0 Å². The van der Waals surface area contributed by atoms with Crippen molar-refractivity contribution < 1.29 is 9.59 Å². The van der Waals surface area contributed by atoms with Crippen molar-refractivity contribution in [3.63, 3.8) is 0 Å². The molecule has 0 aromatic rings.